The molecule has 0 aliphatic heterocycles. The van der Waals surface area contributed by atoms with E-state index >= 15 is 0 Å². The second kappa shape index (κ2) is 10.8. The fourth-order valence-corrected chi connectivity index (χ4v) is 7.60. The van der Waals surface area contributed by atoms with Crippen LogP contribution in [0, 0.1) is 5.41 Å². The van der Waals surface area contributed by atoms with Crippen LogP contribution in [0.4, 0.5) is 0 Å². The Bertz CT molecular complexity index is 2560. The zero-order valence-electron chi connectivity index (χ0n) is 25.7. The number of furan rings is 1. The molecule has 1 heterocycles. The molecule has 4 heteroatoms. The minimum Gasteiger partial charge on any atom is -0.455 e. The highest BCUT2D eigenvalue weighted by Crippen LogP contribution is 2.47. The van der Waals surface area contributed by atoms with Crippen molar-refractivity contribution in [1.29, 1.82) is 5.41 Å². The third kappa shape index (κ3) is 4.44. The van der Waals surface area contributed by atoms with Gasteiger partial charge < -0.3 is 10.2 Å². The Morgan fingerprint density at radius 1 is 0.660 bits per heavy atom. The highest BCUT2D eigenvalue weighted by molar-refractivity contribution is 6.18. The topological polar surface area (TPSA) is 75.4 Å². The molecule has 9 rings (SSSR count). The predicted molar refractivity (Wildman–Crippen MR) is 195 cm³/mol. The van der Waals surface area contributed by atoms with Gasteiger partial charge in [0.1, 0.15) is 17.0 Å². The average Bonchev–Trinajstić information content (AvgIpc) is 3.41. The summed E-state index contributed by atoms with van der Waals surface area (Å²) in [7, 11) is 0. The van der Waals surface area contributed by atoms with Gasteiger partial charge in [0, 0.05) is 22.3 Å². The van der Waals surface area contributed by atoms with E-state index in [2.05, 4.69) is 91.0 Å². The van der Waals surface area contributed by atoms with Gasteiger partial charge in [-0.15, -0.1) is 0 Å². The first-order valence-corrected chi connectivity index (χ1v) is 16.1. The van der Waals surface area contributed by atoms with Crippen molar-refractivity contribution in [3.05, 3.63) is 167 Å². The van der Waals surface area contributed by atoms with Crippen molar-refractivity contribution in [1.82, 2.24) is 0 Å². The Hall–Kier alpha value is -6.00. The smallest absolute Gasteiger partial charge is 0.154 e. The molecule has 224 valence electrons. The minimum absolute atomic E-state index is 0.00103. The zero-order chi connectivity index (χ0) is 31.5. The van der Waals surface area contributed by atoms with Crippen LogP contribution in [0.1, 0.15) is 40.2 Å². The van der Waals surface area contributed by atoms with Crippen molar-refractivity contribution in [2.75, 3.05) is 0 Å². The summed E-state index contributed by atoms with van der Waals surface area (Å²) in [5.41, 5.74) is 16.2. The van der Waals surface area contributed by atoms with E-state index in [9.17, 15) is 0 Å². The van der Waals surface area contributed by atoms with Crippen LogP contribution in [0.5, 0.6) is 0 Å². The molecule has 0 fully saturated rings. The molecule has 0 saturated carbocycles. The highest BCUT2D eigenvalue weighted by atomic mass is 16.3. The van der Waals surface area contributed by atoms with E-state index in [0.717, 1.165) is 40.3 Å². The maximum Gasteiger partial charge on any atom is 0.154 e. The maximum atomic E-state index is 8.86. The number of hydrogen-bond donors (Lipinski definition) is 2. The van der Waals surface area contributed by atoms with Crippen LogP contribution in [0.15, 0.2) is 149 Å². The summed E-state index contributed by atoms with van der Waals surface area (Å²) < 4.78 is 6.61. The lowest BCUT2D eigenvalue weighted by molar-refractivity contribution is 0.664. The molecular weight excluding hydrogens is 574 g/mol. The first-order valence-electron chi connectivity index (χ1n) is 16.1. The highest BCUT2D eigenvalue weighted by Gasteiger charge is 2.30. The lowest BCUT2D eigenvalue weighted by Crippen LogP contribution is -2.20. The van der Waals surface area contributed by atoms with Gasteiger partial charge in [0.25, 0.3) is 0 Å². The molecule has 7 aromatic carbocycles. The summed E-state index contributed by atoms with van der Waals surface area (Å²) in [6, 6.07) is 48.6. The number of nitrogens with one attached hydrogen (secondary N) is 1. The lowest BCUT2D eigenvalue weighted by Gasteiger charge is -2.23. The molecule has 0 amide bonds. The largest absolute Gasteiger partial charge is 0.455 e. The normalized spacial score (nSPS) is 14.7. The molecule has 1 unspecified atom stereocenters. The molecule has 1 aliphatic carbocycles. The number of para-hydroxylation sites is 1. The average molecular weight is 606 g/mol. The molecule has 1 atom stereocenters. The lowest BCUT2D eigenvalue weighted by atomic mass is 9.80. The quantitative estimate of drug-likeness (QED) is 0.155. The van der Waals surface area contributed by atoms with Crippen molar-refractivity contribution in [2.24, 2.45) is 10.7 Å². The second-order valence-corrected chi connectivity index (χ2v) is 12.4. The van der Waals surface area contributed by atoms with E-state index < -0.39 is 0 Å². The molecule has 1 aromatic heterocycles. The van der Waals surface area contributed by atoms with Crippen LogP contribution in [0.2, 0.25) is 0 Å². The first kappa shape index (κ1) is 27.3. The molecule has 0 bridgehead atoms. The van der Waals surface area contributed by atoms with Crippen molar-refractivity contribution in [2.45, 2.75) is 18.8 Å². The van der Waals surface area contributed by atoms with E-state index in [4.69, 9.17) is 20.6 Å². The van der Waals surface area contributed by atoms with Gasteiger partial charge in [-0.3, -0.25) is 5.41 Å². The summed E-state index contributed by atoms with van der Waals surface area (Å²) in [5, 5.41) is 15.8. The van der Waals surface area contributed by atoms with Crippen molar-refractivity contribution in [3.8, 4) is 11.1 Å². The SMILES string of the molecule is N=C(N=C(N)c1c(C2CCc3cc4ccccc4cc3-c3ccc4ccccc4c32)ccc2c1oc1ccccc12)c1ccccc1. The van der Waals surface area contributed by atoms with Crippen LogP contribution >= 0.6 is 0 Å². The summed E-state index contributed by atoms with van der Waals surface area (Å²) in [4.78, 5) is 4.73. The van der Waals surface area contributed by atoms with Gasteiger partial charge in [0.15, 0.2) is 5.84 Å². The minimum atomic E-state index is -0.00103. The summed E-state index contributed by atoms with van der Waals surface area (Å²) in [6.45, 7) is 0. The van der Waals surface area contributed by atoms with Gasteiger partial charge in [-0.05, 0) is 74.3 Å². The van der Waals surface area contributed by atoms with Gasteiger partial charge in [0.2, 0.25) is 0 Å². The number of benzene rings is 7. The molecule has 3 N–H and O–H groups in total. The summed E-state index contributed by atoms with van der Waals surface area (Å²) in [5.74, 6) is 0.402. The standard InChI is InChI=1S/C43H31N3O/c44-42(27-11-2-1-3-12-27)46-43(45)40-34(22-23-36-32-16-8-9-17-38(32)47-41(36)40)33-21-19-30-24-28-13-4-5-14-29(28)25-37(30)35-20-18-26-10-6-7-15-31(26)39(33)35/h1-18,20,22-25,33H,19,21H2,(H3,44,45,46). The molecule has 4 nitrogen and oxygen atoms in total. The van der Waals surface area contributed by atoms with Gasteiger partial charge in [0.05, 0.1) is 5.56 Å². The zero-order valence-corrected chi connectivity index (χ0v) is 25.7. The monoisotopic (exact) mass is 605 g/mol. The van der Waals surface area contributed by atoms with Gasteiger partial charge >= 0.3 is 0 Å². The molecule has 0 spiro atoms. The van der Waals surface area contributed by atoms with Gasteiger partial charge in [-0.1, -0.05) is 127 Å². The first-order chi connectivity index (χ1) is 23.1. The second-order valence-electron chi connectivity index (χ2n) is 12.4. The Morgan fingerprint density at radius 2 is 1.36 bits per heavy atom. The number of nitrogens with two attached hydrogens (primary N) is 1. The summed E-state index contributed by atoms with van der Waals surface area (Å²) in [6.07, 6.45) is 1.79. The van der Waals surface area contributed by atoms with Crippen LogP contribution in [0.3, 0.4) is 0 Å². The van der Waals surface area contributed by atoms with E-state index in [1.165, 1.54) is 43.8 Å². The molecule has 0 saturated heterocycles. The van der Waals surface area contributed by atoms with Gasteiger partial charge in [-0.25, -0.2) is 4.99 Å². The van der Waals surface area contributed by atoms with Crippen LogP contribution in [0.25, 0.3) is 54.6 Å². The van der Waals surface area contributed by atoms with Crippen LogP contribution in [-0.2, 0) is 6.42 Å². The number of aryl methyl sites for hydroxylation is 1. The Labute approximate surface area is 272 Å². The van der Waals surface area contributed by atoms with Crippen LogP contribution in [-0.4, -0.2) is 11.7 Å². The van der Waals surface area contributed by atoms with Crippen molar-refractivity contribution < 1.29 is 4.42 Å². The molecule has 8 aromatic rings. The van der Waals surface area contributed by atoms with Crippen molar-refractivity contribution in [3.63, 3.8) is 0 Å². The van der Waals surface area contributed by atoms with E-state index in [1.807, 2.05) is 48.5 Å². The molecule has 47 heavy (non-hydrogen) atoms. The number of rotatable bonds is 3. The number of fused-ring (bicyclic) bond motifs is 9. The maximum absolute atomic E-state index is 8.86. The molecular formula is C43H31N3O. The summed E-state index contributed by atoms with van der Waals surface area (Å²) >= 11 is 0. The number of amidine groups is 2. The number of hydrogen-bond acceptors (Lipinski definition) is 2. The van der Waals surface area contributed by atoms with Crippen molar-refractivity contribution >= 4 is 55.2 Å². The fourth-order valence-electron chi connectivity index (χ4n) is 7.60. The molecule has 1 aliphatic rings. The molecule has 0 radical (unpaired) electrons. The van der Waals surface area contributed by atoms with E-state index in [1.54, 1.807) is 0 Å². The number of aliphatic imine (C=N–C) groups is 1. The van der Waals surface area contributed by atoms with Crippen LogP contribution < -0.4 is 5.73 Å². The third-order valence-electron chi connectivity index (χ3n) is 9.77. The number of nitrogens with zero attached hydrogens (tertiary/aromatic N) is 1. The van der Waals surface area contributed by atoms with E-state index in [-0.39, 0.29) is 17.6 Å². The fraction of sp³-hybridized carbons (Fsp3) is 0.0698. The van der Waals surface area contributed by atoms with Gasteiger partial charge in [-0.2, -0.15) is 0 Å². The Kier molecular flexibility index (Phi) is 6.29. The van der Waals surface area contributed by atoms with E-state index in [0.29, 0.717) is 11.1 Å². The Morgan fingerprint density at radius 3 is 2.19 bits per heavy atom. The predicted octanol–water partition coefficient (Wildman–Crippen LogP) is 10.4. The third-order valence-corrected chi connectivity index (χ3v) is 9.77. The Balaban J connectivity index is 1.33.